The lowest BCUT2D eigenvalue weighted by Gasteiger charge is -2.19. The topological polar surface area (TPSA) is 52.6 Å². The summed E-state index contributed by atoms with van der Waals surface area (Å²) in [4.78, 5) is 23.3. The van der Waals surface area contributed by atoms with Crippen LogP contribution in [0.5, 0.6) is 5.75 Å². The first kappa shape index (κ1) is 20.3. The molecule has 0 aliphatic rings. The number of alkyl halides is 5. The van der Waals surface area contributed by atoms with Crippen molar-refractivity contribution in [2.45, 2.75) is 25.6 Å². The zero-order valence-electron chi connectivity index (χ0n) is 13.8. The summed E-state index contributed by atoms with van der Waals surface area (Å²) in [6.07, 6.45) is -12.8. The van der Waals surface area contributed by atoms with E-state index in [4.69, 9.17) is 4.74 Å². The number of halogens is 5. The van der Waals surface area contributed by atoms with Gasteiger partial charge in [0.25, 0.3) is 12.5 Å². The van der Waals surface area contributed by atoms with E-state index in [1.807, 2.05) is 0 Å². The summed E-state index contributed by atoms with van der Waals surface area (Å²) in [6.45, 7) is 4.91. The molecule has 2 aromatic rings. The Kier molecular flexibility index (Phi) is 5.82. The molecule has 0 spiro atoms. The van der Waals surface area contributed by atoms with Crippen LogP contribution in [0.3, 0.4) is 0 Å². The first-order valence-electron chi connectivity index (χ1n) is 7.46. The number of esters is 2. The van der Waals surface area contributed by atoms with Gasteiger partial charge in [-0.2, -0.15) is 13.2 Å². The number of hydrogen-bond donors (Lipinski definition) is 0. The Bertz CT molecular complexity index is 889. The third kappa shape index (κ3) is 5.02. The van der Waals surface area contributed by atoms with Gasteiger partial charge in [0.2, 0.25) is 0 Å². The van der Waals surface area contributed by atoms with Crippen molar-refractivity contribution in [3.05, 3.63) is 54.1 Å². The zero-order valence-corrected chi connectivity index (χ0v) is 13.8. The van der Waals surface area contributed by atoms with Gasteiger partial charge in [0.05, 0.1) is 5.56 Å². The Morgan fingerprint density at radius 2 is 1.63 bits per heavy atom. The van der Waals surface area contributed by atoms with Crippen LogP contribution in [0, 0.1) is 0 Å². The first-order valence-corrected chi connectivity index (χ1v) is 7.46. The van der Waals surface area contributed by atoms with Crippen molar-refractivity contribution in [1.29, 1.82) is 0 Å². The number of fused-ring (bicyclic) bond motifs is 1. The van der Waals surface area contributed by atoms with E-state index in [9.17, 15) is 31.5 Å². The molecular weight excluding hydrogens is 375 g/mol. The third-order valence-electron chi connectivity index (χ3n) is 3.39. The van der Waals surface area contributed by atoms with Crippen molar-refractivity contribution in [1.82, 2.24) is 0 Å². The molecule has 1 atom stereocenters. The second-order valence-corrected chi connectivity index (χ2v) is 5.60. The quantitative estimate of drug-likeness (QED) is 0.323. The number of carbonyl (C=O) groups is 2. The minimum atomic E-state index is -5.39. The van der Waals surface area contributed by atoms with Crippen molar-refractivity contribution < 1.29 is 41.0 Å². The monoisotopic (exact) mass is 388 g/mol. The van der Waals surface area contributed by atoms with Gasteiger partial charge in [-0.3, -0.25) is 0 Å². The smallest absolute Gasteiger partial charge is 0.431 e. The fraction of sp³-hybridized carbons (Fsp3) is 0.222. The molecule has 0 N–H and O–H groups in total. The molecule has 0 aliphatic heterocycles. The lowest BCUT2D eigenvalue weighted by Crippen LogP contribution is -2.39. The molecular formula is C18H13F5O4. The van der Waals surface area contributed by atoms with Crippen molar-refractivity contribution >= 4 is 22.7 Å². The van der Waals surface area contributed by atoms with Gasteiger partial charge in [0, 0.05) is 5.57 Å². The molecule has 2 aromatic carbocycles. The number of hydrogen-bond acceptors (Lipinski definition) is 4. The molecule has 1 unspecified atom stereocenters. The average Bonchev–Trinajstić information content (AvgIpc) is 2.57. The highest BCUT2D eigenvalue weighted by Crippen LogP contribution is 2.29. The fourth-order valence-electron chi connectivity index (χ4n) is 2.05. The van der Waals surface area contributed by atoms with Crippen LogP contribution in [0.25, 0.3) is 10.8 Å². The molecule has 0 bridgehead atoms. The maximum atomic E-state index is 12.5. The summed E-state index contributed by atoms with van der Waals surface area (Å²) >= 11 is 0. The van der Waals surface area contributed by atoms with E-state index in [1.165, 1.54) is 37.3 Å². The predicted octanol–water partition coefficient (Wildman–Crippen LogP) is 4.67. The van der Waals surface area contributed by atoms with Crippen LogP contribution in [0.2, 0.25) is 0 Å². The SMILES string of the molecule is C=C(C)C(=O)Oc1ccc2cc(C(=O)OC(C(F)F)C(F)(F)F)ccc2c1. The summed E-state index contributed by atoms with van der Waals surface area (Å²) < 4.78 is 71.4. The van der Waals surface area contributed by atoms with Crippen LogP contribution in [-0.4, -0.2) is 30.6 Å². The van der Waals surface area contributed by atoms with Crippen LogP contribution in [0.1, 0.15) is 17.3 Å². The van der Waals surface area contributed by atoms with E-state index in [0.29, 0.717) is 10.8 Å². The van der Waals surface area contributed by atoms with Gasteiger partial charge in [0.15, 0.2) is 0 Å². The third-order valence-corrected chi connectivity index (χ3v) is 3.39. The largest absolute Gasteiger partial charge is 0.443 e. The summed E-state index contributed by atoms with van der Waals surface area (Å²) in [6, 6.07) is 7.96. The van der Waals surface area contributed by atoms with E-state index in [-0.39, 0.29) is 16.9 Å². The van der Waals surface area contributed by atoms with Gasteiger partial charge < -0.3 is 9.47 Å². The summed E-state index contributed by atoms with van der Waals surface area (Å²) in [5, 5.41) is 0.903. The van der Waals surface area contributed by atoms with E-state index in [1.54, 1.807) is 0 Å². The van der Waals surface area contributed by atoms with E-state index < -0.39 is 30.6 Å². The van der Waals surface area contributed by atoms with Gasteiger partial charge in [-0.15, -0.1) is 0 Å². The van der Waals surface area contributed by atoms with Gasteiger partial charge in [-0.05, 0) is 42.0 Å². The molecule has 0 radical (unpaired) electrons. The molecule has 27 heavy (non-hydrogen) atoms. The van der Waals surface area contributed by atoms with E-state index in [2.05, 4.69) is 11.3 Å². The van der Waals surface area contributed by atoms with Gasteiger partial charge >= 0.3 is 18.1 Å². The Morgan fingerprint density at radius 1 is 1.04 bits per heavy atom. The van der Waals surface area contributed by atoms with Crippen molar-refractivity contribution in [3.8, 4) is 5.75 Å². The molecule has 0 saturated heterocycles. The normalized spacial score (nSPS) is 12.7. The predicted molar refractivity (Wildman–Crippen MR) is 85.7 cm³/mol. The molecule has 144 valence electrons. The highest BCUT2D eigenvalue weighted by Gasteiger charge is 2.49. The van der Waals surface area contributed by atoms with Crippen LogP contribution >= 0.6 is 0 Å². The molecule has 0 amide bonds. The minimum absolute atomic E-state index is 0.187. The van der Waals surface area contributed by atoms with Gasteiger partial charge in [-0.1, -0.05) is 18.7 Å². The van der Waals surface area contributed by atoms with Crippen LogP contribution in [-0.2, 0) is 9.53 Å². The summed E-state index contributed by atoms with van der Waals surface area (Å²) in [7, 11) is 0. The standard InChI is InChI=1S/C18H13F5O4/c1-9(2)16(24)26-13-6-5-10-7-12(4-3-11(10)8-13)17(25)27-14(15(19)20)18(21,22)23/h3-8,14-15H,1H2,2H3. The Morgan fingerprint density at radius 3 is 2.19 bits per heavy atom. The lowest BCUT2D eigenvalue weighted by molar-refractivity contribution is -0.236. The van der Waals surface area contributed by atoms with Crippen molar-refractivity contribution in [2.75, 3.05) is 0 Å². The minimum Gasteiger partial charge on any atom is -0.443 e. The summed E-state index contributed by atoms with van der Waals surface area (Å²) in [5.74, 6) is -1.97. The molecule has 0 saturated carbocycles. The zero-order chi connectivity index (χ0) is 20.4. The highest BCUT2D eigenvalue weighted by molar-refractivity contribution is 5.96. The Labute approximate surface area is 150 Å². The molecule has 0 aromatic heterocycles. The van der Waals surface area contributed by atoms with Crippen LogP contribution in [0.15, 0.2) is 48.6 Å². The van der Waals surface area contributed by atoms with Crippen molar-refractivity contribution in [3.63, 3.8) is 0 Å². The highest BCUT2D eigenvalue weighted by atomic mass is 19.4. The van der Waals surface area contributed by atoms with Crippen LogP contribution in [0.4, 0.5) is 22.0 Å². The number of rotatable bonds is 5. The molecule has 9 heteroatoms. The maximum absolute atomic E-state index is 12.5. The number of carbonyl (C=O) groups excluding carboxylic acids is 2. The molecule has 2 rings (SSSR count). The lowest BCUT2D eigenvalue weighted by atomic mass is 10.1. The second kappa shape index (κ2) is 7.73. The second-order valence-electron chi connectivity index (χ2n) is 5.60. The molecule has 0 fully saturated rings. The Hall–Kier alpha value is -2.97. The molecule has 0 aliphatic carbocycles. The van der Waals surface area contributed by atoms with Crippen molar-refractivity contribution in [2.24, 2.45) is 0 Å². The van der Waals surface area contributed by atoms with E-state index >= 15 is 0 Å². The molecule has 4 nitrogen and oxygen atoms in total. The molecule has 0 heterocycles. The van der Waals surface area contributed by atoms with Gasteiger partial charge in [-0.25, -0.2) is 18.4 Å². The first-order chi connectivity index (χ1) is 12.5. The summed E-state index contributed by atoms with van der Waals surface area (Å²) in [5.41, 5.74) is -0.143. The number of benzene rings is 2. The van der Waals surface area contributed by atoms with Gasteiger partial charge in [0.1, 0.15) is 5.75 Å². The Balaban J connectivity index is 2.24. The fourth-order valence-corrected chi connectivity index (χ4v) is 2.05. The maximum Gasteiger partial charge on any atom is 0.431 e. The van der Waals surface area contributed by atoms with Crippen LogP contribution < -0.4 is 4.74 Å². The van der Waals surface area contributed by atoms with E-state index in [0.717, 1.165) is 6.07 Å². The average molecular weight is 388 g/mol. The number of ether oxygens (including phenoxy) is 2.